The lowest BCUT2D eigenvalue weighted by atomic mass is 9.81. The highest BCUT2D eigenvalue weighted by Crippen LogP contribution is 2.61. The fraction of sp³-hybridized carbons (Fsp3) is 0.529. The van der Waals surface area contributed by atoms with Crippen LogP contribution in [0.1, 0.15) is 6.42 Å². The predicted octanol–water partition coefficient (Wildman–Crippen LogP) is 2.99. The van der Waals surface area contributed by atoms with Crippen LogP contribution in [0.15, 0.2) is 18.2 Å². The van der Waals surface area contributed by atoms with Crippen LogP contribution in [0.4, 0.5) is 5.69 Å². The Morgan fingerprint density at radius 1 is 1.00 bits per heavy atom. The normalized spacial score (nSPS) is 37.1. The molecule has 0 unspecified atom stereocenters. The van der Waals surface area contributed by atoms with Crippen LogP contribution in [0, 0.1) is 23.7 Å². The zero-order valence-corrected chi connectivity index (χ0v) is 16.4. The molecule has 1 aromatic rings. The monoisotopic (exact) mass is 457 g/mol. The van der Waals surface area contributed by atoms with E-state index in [0.717, 1.165) is 6.42 Å². The van der Waals surface area contributed by atoms with Gasteiger partial charge < -0.3 is 9.47 Å². The Morgan fingerprint density at radius 2 is 1.58 bits per heavy atom. The standard InChI is InChI=1S/C17H17Br2NO4/c1-23-7-3-4-11(24-2)10(5-7)20-16(21)12-8-6-9(13(12)17(20)22)15(19)14(8)18/h3-5,8-9,12-15H,6H2,1-2H3/t8-,9+,12-,13-,14+,15+/m0/s1. The van der Waals surface area contributed by atoms with Gasteiger partial charge in [-0.15, -0.1) is 0 Å². The van der Waals surface area contributed by atoms with E-state index < -0.39 is 0 Å². The van der Waals surface area contributed by atoms with Crippen LogP contribution >= 0.6 is 31.9 Å². The van der Waals surface area contributed by atoms with E-state index in [1.54, 1.807) is 25.3 Å². The number of benzene rings is 1. The molecule has 1 aliphatic heterocycles. The van der Waals surface area contributed by atoms with Crippen LogP contribution in [-0.4, -0.2) is 35.7 Å². The number of alkyl halides is 2. The van der Waals surface area contributed by atoms with E-state index in [0.29, 0.717) is 17.2 Å². The van der Waals surface area contributed by atoms with Crippen molar-refractivity contribution in [1.82, 2.24) is 0 Å². The molecule has 3 fully saturated rings. The highest BCUT2D eigenvalue weighted by molar-refractivity contribution is 9.12. The number of fused-ring (bicyclic) bond motifs is 5. The predicted molar refractivity (Wildman–Crippen MR) is 96.0 cm³/mol. The Bertz CT molecular complexity index is 693. The van der Waals surface area contributed by atoms with E-state index in [-0.39, 0.29) is 45.1 Å². The van der Waals surface area contributed by atoms with Crippen LogP contribution in [-0.2, 0) is 9.59 Å². The first-order valence-corrected chi connectivity index (χ1v) is 9.70. The molecule has 128 valence electrons. The molecular weight excluding hydrogens is 442 g/mol. The SMILES string of the molecule is COc1ccc(OC)c(N2C(=O)[C@H]3[C@@H]4C[C@@H]([C@@H](Br)[C@@H]4Br)[C@@H]3C2=O)c1. The van der Waals surface area contributed by atoms with Gasteiger partial charge in [-0.3, -0.25) is 9.59 Å². The number of halogens is 2. The molecule has 2 amide bonds. The van der Waals surface area contributed by atoms with Gasteiger partial charge in [0.1, 0.15) is 11.5 Å². The van der Waals surface area contributed by atoms with Crippen molar-refractivity contribution in [2.45, 2.75) is 16.1 Å². The van der Waals surface area contributed by atoms with Gasteiger partial charge in [0.25, 0.3) is 0 Å². The Balaban J connectivity index is 1.77. The fourth-order valence-electron chi connectivity index (χ4n) is 4.56. The van der Waals surface area contributed by atoms with E-state index in [9.17, 15) is 9.59 Å². The van der Waals surface area contributed by atoms with Gasteiger partial charge in [-0.2, -0.15) is 0 Å². The third-order valence-electron chi connectivity index (χ3n) is 5.61. The molecule has 0 aromatic heterocycles. The molecule has 6 atom stereocenters. The van der Waals surface area contributed by atoms with E-state index in [4.69, 9.17) is 9.47 Å². The van der Waals surface area contributed by atoms with Crippen LogP contribution in [0.2, 0.25) is 0 Å². The summed E-state index contributed by atoms with van der Waals surface area (Å²) < 4.78 is 10.6. The zero-order valence-electron chi connectivity index (χ0n) is 13.2. The van der Waals surface area contributed by atoms with Crippen LogP contribution in [0.25, 0.3) is 0 Å². The van der Waals surface area contributed by atoms with Gasteiger partial charge in [-0.25, -0.2) is 4.90 Å². The number of methoxy groups -OCH3 is 2. The second kappa shape index (κ2) is 5.73. The summed E-state index contributed by atoms with van der Waals surface area (Å²) >= 11 is 7.40. The van der Waals surface area contributed by atoms with Gasteiger partial charge in [0.05, 0.1) is 31.7 Å². The first-order chi connectivity index (χ1) is 11.5. The smallest absolute Gasteiger partial charge is 0.238 e. The summed E-state index contributed by atoms with van der Waals surface area (Å²) in [6.07, 6.45) is 0.918. The maximum absolute atomic E-state index is 13.1. The molecule has 2 aliphatic carbocycles. The topological polar surface area (TPSA) is 55.8 Å². The lowest BCUT2D eigenvalue weighted by molar-refractivity contribution is -0.123. The molecule has 7 heteroatoms. The van der Waals surface area contributed by atoms with Crippen LogP contribution in [0.3, 0.4) is 0 Å². The molecule has 1 heterocycles. The first kappa shape index (κ1) is 16.4. The van der Waals surface area contributed by atoms with Gasteiger partial charge in [-0.05, 0) is 30.4 Å². The highest BCUT2D eigenvalue weighted by atomic mass is 79.9. The maximum atomic E-state index is 13.1. The van der Waals surface area contributed by atoms with Gasteiger partial charge in [0.2, 0.25) is 11.8 Å². The highest BCUT2D eigenvalue weighted by Gasteiger charge is 2.66. The van der Waals surface area contributed by atoms with Crippen molar-refractivity contribution >= 4 is 49.4 Å². The summed E-state index contributed by atoms with van der Waals surface area (Å²) in [6.45, 7) is 0. The molecule has 0 spiro atoms. The largest absolute Gasteiger partial charge is 0.497 e. The van der Waals surface area contributed by atoms with Crippen LogP contribution < -0.4 is 14.4 Å². The molecule has 2 bridgehead atoms. The summed E-state index contributed by atoms with van der Waals surface area (Å²) in [4.78, 5) is 27.9. The number of carbonyl (C=O) groups is 2. The maximum Gasteiger partial charge on any atom is 0.238 e. The molecule has 1 aromatic carbocycles. The summed E-state index contributed by atoms with van der Waals surface area (Å²) in [5, 5.41) is 0. The Kier molecular flexibility index (Phi) is 3.91. The third kappa shape index (κ3) is 2.03. The van der Waals surface area contributed by atoms with Crippen LogP contribution in [0.5, 0.6) is 11.5 Å². The molecule has 1 saturated heterocycles. The van der Waals surface area contributed by atoms with Crippen molar-refractivity contribution in [2.24, 2.45) is 23.7 Å². The molecule has 0 N–H and O–H groups in total. The van der Waals surface area contributed by atoms with Crippen molar-refractivity contribution in [2.75, 3.05) is 19.1 Å². The number of carbonyl (C=O) groups excluding carboxylic acids is 2. The average Bonchev–Trinajstić information content (AvgIpc) is 3.19. The first-order valence-electron chi connectivity index (χ1n) is 7.87. The van der Waals surface area contributed by atoms with Crippen molar-refractivity contribution in [3.05, 3.63) is 18.2 Å². The lowest BCUT2D eigenvalue weighted by Gasteiger charge is -2.28. The van der Waals surface area contributed by atoms with Gasteiger partial charge in [0, 0.05) is 15.7 Å². The number of ether oxygens (including phenoxy) is 2. The average molecular weight is 459 g/mol. The lowest BCUT2D eigenvalue weighted by Crippen LogP contribution is -2.37. The summed E-state index contributed by atoms with van der Waals surface area (Å²) in [6, 6.07) is 5.16. The molecule has 5 nitrogen and oxygen atoms in total. The summed E-state index contributed by atoms with van der Waals surface area (Å²) in [5.74, 6) is 0.762. The van der Waals surface area contributed by atoms with Gasteiger partial charge in [0.15, 0.2) is 0 Å². The Morgan fingerprint density at radius 3 is 2.08 bits per heavy atom. The quantitative estimate of drug-likeness (QED) is 0.516. The van der Waals surface area contributed by atoms with E-state index in [1.807, 2.05) is 0 Å². The number of anilines is 1. The van der Waals surface area contributed by atoms with E-state index in [2.05, 4.69) is 31.9 Å². The minimum atomic E-state index is -0.239. The van der Waals surface area contributed by atoms with E-state index in [1.165, 1.54) is 12.0 Å². The summed E-state index contributed by atoms with van der Waals surface area (Å²) in [5.41, 5.74) is 0.470. The number of imide groups is 1. The number of amides is 2. The third-order valence-corrected chi connectivity index (χ3v) is 8.82. The fourth-order valence-corrected chi connectivity index (χ4v) is 6.43. The Hall–Kier alpha value is -1.08. The van der Waals surface area contributed by atoms with Crippen molar-refractivity contribution in [3.8, 4) is 11.5 Å². The number of hydrogen-bond donors (Lipinski definition) is 0. The van der Waals surface area contributed by atoms with Gasteiger partial charge in [-0.1, -0.05) is 31.9 Å². The van der Waals surface area contributed by atoms with Crippen molar-refractivity contribution in [1.29, 1.82) is 0 Å². The van der Waals surface area contributed by atoms with E-state index >= 15 is 0 Å². The molecule has 3 aliphatic rings. The Labute approximate surface area is 156 Å². The second-order valence-electron chi connectivity index (χ2n) is 6.55. The molecular formula is C17H17Br2NO4. The zero-order chi connectivity index (χ0) is 17.2. The van der Waals surface area contributed by atoms with Crippen molar-refractivity contribution < 1.29 is 19.1 Å². The number of rotatable bonds is 3. The molecule has 4 rings (SSSR count). The minimum absolute atomic E-state index is 0.118. The molecule has 2 saturated carbocycles. The number of nitrogens with zero attached hydrogens (tertiary/aromatic N) is 1. The minimum Gasteiger partial charge on any atom is -0.497 e. The summed E-state index contributed by atoms with van der Waals surface area (Å²) in [7, 11) is 3.09. The van der Waals surface area contributed by atoms with Crippen molar-refractivity contribution in [3.63, 3.8) is 0 Å². The second-order valence-corrected chi connectivity index (χ2v) is 8.67. The molecule has 0 radical (unpaired) electrons. The van der Waals surface area contributed by atoms with Gasteiger partial charge >= 0.3 is 0 Å². The number of hydrogen-bond acceptors (Lipinski definition) is 4. The molecule has 24 heavy (non-hydrogen) atoms.